The average molecular weight is 312 g/mol. The summed E-state index contributed by atoms with van der Waals surface area (Å²) < 4.78 is 0. The van der Waals surface area contributed by atoms with Gasteiger partial charge in [0.1, 0.15) is 0 Å². The molecule has 1 saturated heterocycles. The van der Waals surface area contributed by atoms with Crippen molar-refractivity contribution in [1.82, 2.24) is 15.1 Å². The first-order chi connectivity index (χ1) is 10.1. The van der Waals surface area contributed by atoms with Crippen molar-refractivity contribution in [1.29, 1.82) is 0 Å². The predicted octanol–water partition coefficient (Wildman–Crippen LogP) is 0.728. The third kappa shape index (κ3) is 4.90. The molecule has 2 fully saturated rings. The van der Waals surface area contributed by atoms with E-state index in [1.807, 2.05) is 0 Å². The smallest absolute Gasteiger partial charge is 0.234 e. The van der Waals surface area contributed by atoms with Gasteiger partial charge < -0.3 is 11.1 Å². The van der Waals surface area contributed by atoms with Crippen LogP contribution >= 0.6 is 12.2 Å². The quantitative estimate of drug-likeness (QED) is 0.708. The third-order valence-corrected chi connectivity index (χ3v) is 4.92. The summed E-state index contributed by atoms with van der Waals surface area (Å²) in [6.45, 7) is 6.34. The number of carbonyl (C=O) groups excluding carboxylic acids is 1. The van der Waals surface area contributed by atoms with Crippen LogP contribution in [0.3, 0.4) is 0 Å². The summed E-state index contributed by atoms with van der Waals surface area (Å²) in [5.41, 5.74) is 5.80. The zero-order chi connectivity index (χ0) is 15.2. The summed E-state index contributed by atoms with van der Waals surface area (Å²) >= 11 is 5.13. The Morgan fingerprint density at radius 2 is 1.90 bits per heavy atom. The van der Waals surface area contributed by atoms with Crippen LogP contribution in [-0.4, -0.2) is 65.5 Å². The van der Waals surface area contributed by atoms with Crippen molar-refractivity contribution < 1.29 is 4.79 Å². The lowest BCUT2D eigenvalue weighted by Gasteiger charge is -2.38. The fourth-order valence-electron chi connectivity index (χ4n) is 3.42. The summed E-state index contributed by atoms with van der Waals surface area (Å²) in [6, 6.07) is 0.618. The number of piperazine rings is 1. The minimum Gasteiger partial charge on any atom is -0.392 e. The van der Waals surface area contributed by atoms with E-state index >= 15 is 0 Å². The van der Waals surface area contributed by atoms with Crippen molar-refractivity contribution in [3.63, 3.8) is 0 Å². The molecule has 2 aliphatic rings. The standard InChI is InChI=1S/C15H28N4OS/c1-2-13(15(16)21)19-9-7-18(8-10-19)11-14(20)17-12-5-3-4-6-12/h12-13H,2-11H2,1H3,(H2,16,21)(H,17,20). The Morgan fingerprint density at radius 1 is 1.29 bits per heavy atom. The van der Waals surface area contributed by atoms with Crippen LogP contribution in [0.25, 0.3) is 0 Å². The largest absolute Gasteiger partial charge is 0.392 e. The van der Waals surface area contributed by atoms with Crippen LogP contribution in [0.15, 0.2) is 0 Å². The maximum atomic E-state index is 12.0. The average Bonchev–Trinajstić information content (AvgIpc) is 2.94. The first-order valence-electron chi connectivity index (χ1n) is 8.15. The maximum Gasteiger partial charge on any atom is 0.234 e. The summed E-state index contributed by atoms with van der Waals surface area (Å²) in [7, 11) is 0. The molecule has 0 bridgehead atoms. The van der Waals surface area contributed by atoms with Gasteiger partial charge in [0.05, 0.1) is 17.6 Å². The first kappa shape index (κ1) is 16.6. The van der Waals surface area contributed by atoms with E-state index in [9.17, 15) is 4.79 Å². The normalized spacial score (nSPS) is 23.1. The number of nitrogens with two attached hydrogens (primary N) is 1. The lowest BCUT2D eigenvalue weighted by Crippen LogP contribution is -2.55. The van der Waals surface area contributed by atoms with Gasteiger partial charge in [-0.2, -0.15) is 0 Å². The Balaban J connectivity index is 1.70. The van der Waals surface area contributed by atoms with Crippen LogP contribution in [0.2, 0.25) is 0 Å². The molecule has 5 nitrogen and oxygen atoms in total. The van der Waals surface area contributed by atoms with Crippen molar-refractivity contribution >= 4 is 23.1 Å². The van der Waals surface area contributed by atoms with Crippen LogP contribution in [-0.2, 0) is 4.79 Å². The molecule has 0 aromatic heterocycles. The monoisotopic (exact) mass is 312 g/mol. The second-order valence-corrected chi connectivity index (χ2v) is 6.66. The Hall–Kier alpha value is -0.720. The van der Waals surface area contributed by atoms with Gasteiger partial charge in [0, 0.05) is 32.2 Å². The lowest BCUT2D eigenvalue weighted by atomic mass is 10.1. The molecule has 1 atom stereocenters. The number of rotatable bonds is 6. The molecule has 1 saturated carbocycles. The van der Waals surface area contributed by atoms with E-state index in [0.717, 1.165) is 45.4 Å². The van der Waals surface area contributed by atoms with E-state index in [4.69, 9.17) is 18.0 Å². The van der Waals surface area contributed by atoms with Crippen molar-refractivity contribution in [3.05, 3.63) is 0 Å². The third-order valence-electron chi connectivity index (χ3n) is 4.65. The highest BCUT2D eigenvalue weighted by Gasteiger charge is 2.26. The number of carbonyl (C=O) groups is 1. The van der Waals surface area contributed by atoms with Gasteiger partial charge in [-0.25, -0.2) is 0 Å². The molecule has 1 unspecified atom stereocenters. The molecule has 0 radical (unpaired) electrons. The van der Waals surface area contributed by atoms with Crippen LogP contribution in [0, 0.1) is 0 Å². The number of nitrogens with one attached hydrogen (secondary N) is 1. The van der Waals surface area contributed by atoms with Gasteiger partial charge in [-0.1, -0.05) is 32.0 Å². The fraction of sp³-hybridized carbons (Fsp3) is 0.867. The molecular formula is C15H28N4OS. The van der Waals surface area contributed by atoms with Gasteiger partial charge in [-0.05, 0) is 19.3 Å². The van der Waals surface area contributed by atoms with Crippen LogP contribution in [0.1, 0.15) is 39.0 Å². The first-order valence-corrected chi connectivity index (χ1v) is 8.56. The highest BCUT2D eigenvalue weighted by Crippen LogP contribution is 2.17. The minimum atomic E-state index is 0.178. The van der Waals surface area contributed by atoms with E-state index in [2.05, 4.69) is 22.0 Å². The molecule has 1 amide bonds. The zero-order valence-electron chi connectivity index (χ0n) is 13.0. The van der Waals surface area contributed by atoms with Gasteiger partial charge in [0.2, 0.25) is 5.91 Å². The topological polar surface area (TPSA) is 61.6 Å². The van der Waals surface area contributed by atoms with Crippen molar-refractivity contribution in [2.75, 3.05) is 32.7 Å². The molecular weight excluding hydrogens is 284 g/mol. The highest BCUT2D eigenvalue weighted by atomic mass is 32.1. The molecule has 3 N–H and O–H groups in total. The highest BCUT2D eigenvalue weighted by molar-refractivity contribution is 7.80. The van der Waals surface area contributed by atoms with Gasteiger partial charge in [-0.3, -0.25) is 14.6 Å². The van der Waals surface area contributed by atoms with E-state index in [-0.39, 0.29) is 11.9 Å². The Kier molecular flexibility index (Phi) is 6.39. The molecule has 0 aromatic carbocycles. The Morgan fingerprint density at radius 3 is 2.43 bits per heavy atom. The summed E-state index contributed by atoms with van der Waals surface area (Å²) in [5.74, 6) is 0.178. The summed E-state index contributed by atoms with van der Waals surface area (Å²) in [5, 5.41) is 3.15. The SMILES string of the molecule is CCC(C(N)=S)N1CCN(CC(=O)NC2CCCC2)CC1. The van der Waals surface area contributed by atoms with Crippen LogP contribution in [0.4, 0.5) is 0 Å². The van der Waals surface area contributed by atoms with E-state index in [0.29, 0.717) is 17.6 Å². The van der Waals surface area contributed by atoms with Gasteiger partial charge in [0.15, 0.2) is 0 Å². The number of thiocarbonyl (C=S) groups is 1. The molecule has 6 heteroatoms. The molecule has 120 valence electrons. The predicted molar refractivity (Wildman–Crippen MR) is 89.3 cm³/mol. The number of hydrogen-bond donors (Lipinski definition) is 2. The molecule has 0 spiro atoms. The second kappa shape index (κ2) is 8.06. The Labute approximate surface area is 133 Å². The van der Waals surface area contributed by atoms with Crippen molar-refractivity contribution in [2.24, 2.45) is 5.73 Å². The number of nitrogens with zero attached hydrogens (tertiary/aromatic N) is 2. The van der Waals surface area contributed by atoms with E-state index < -0.39 is 0 Å². The van der Waals surface area contributed by atoms with Crippen LogP contribution < -0.4 is 11.1 Å². The molecule has 21 heavy (non-hydrogen) atoms. The van der Waals surface area contributed by atoms with E-state index in [1.54, 1.807) is 0 Å². The lowest BCUT2D eigenvalue weighted by molar-refractivity contribution is -0.123. The number of amides is 1. The number of hydrogen-bond acceptors (Lipinski definition) is 4. The van der Waals surface area contributed by atoms with Crippen LogP contribution in [0.5, 0.6) is 0 Å². The molecule has 1 heterocycles. The minimum absolute atomic E-state index is 0.178. The molecule has 1 aliphatic carbocycles. The van der Waals surface area contributed by atoms with Gasteiger partial charge in [0.25, 0.3) is 0 Å². The van der Waals surface area contributed by atoms with Crippen molar-refractivity contribution in [2.45, 2.75) is 51.1 Å². The Bertz CT molecular complexity index is 363. The summed E-state index contributed by atoms with van der Waals surface area (Å²) in [4.78, 5) is 17.2. The molecule has 1 aliphatic heterocycles. The molecule has 0 aromatic rings. The van der Waals surface area contributed by atoms with E-state index in [1.165, 1.54) is 12.8 Å². The maximum absolute atomic E-state index is 12.0. The van der Waals surface area contributed by atoms with Gasteiger partial charge in [-0.15, -0.1) is 0 Å². The van der Waals surface area contributed by atoms with Crippen molar-refractivity contribution in [3.8, 4) is 0 Å². The zero-order valence-corrected chi connectivity index (χ0v) is 13.8. The van der Waals surface area contributed by atoms with Gasteiger partial charge >= 0.3 is 0 Å². The molecule has 2 rings (SSSR count). The fourth-order valence-corrected chi connectivity index (χ4v) is 3.73. The second-order valence-electron chi connectivity index (χ2n) is 6.19. The summed E-state index contributed by atoms with van der Waals surface area (Å²) in [6.07, 6.45) is 5.75.